The van der Waals surface area contributed by atoms with E-state index in [0.29, 0.717) is 13.1 Å². The summed E-state index contributed by atoms with van der Waals surface area (Å²) < 4.78 is 5.23. The number of ether oxygens (including phenoxy) is 1. The molecule has 1 aromatic carbocycles. The summed E-state index contributed by atoms with van der Waals surface area (Å²) in [6.45, 7) is 6.98. The number of benzene rings is 1. The minimum atomic E-state index is -0.0958. The van der Waals surface area contributed by atoms with Gasteiger partial charge in [-0.05, 0) is 43.3 Å². The van der Waals surface area contributed by atoms with Crippen molar-refractivity contribution in [1.82, 2.24) is 15.5 Å². The predicted molar refractivity (Wildman–Crippen MR) is 100 cm³/mol. The number of nitrogens with zero attached hydrogens (tertiary/aromatic N) is 1. The second-order valence-electron chi connectivity index (χ2n) is 6.02. The Morgan fingerprint density at radius 3 is 2.54 bits per heavy atom. The van der Waals surface area contributed by atoms with Crippen LogP contribution >= 0.6 is 12.2 Å². The third kappa shape index (κ3) is 4.38. The highest BCUT2D eigenvalue weighted by molar-refractivity contribution is 7.80. The summed E-state index contributed by atoms with van der Waals surface area (Å²) >= 11 is 5.45. The molecule has 2 rings (SSSR count). The molecule has 1 aliphatic heterocycles. The fourth-order valence-electron chi connectivity index (χ4n) is 3.07. The van der Waals surface area contributed by atoms with Gasteiger partial charge in [0.2, 0.25) is 5.91 Å². The zero-order valence-electron chi connectivity index (χ0n) is 14.7. The minimum absolute atomic E-state index is 0.0958. The van der Waals surface area contributed by atoms with Gasteiger partial charge < -0.3 is 20.3 Å². The Labute approximate surface area is 149 Å². The number of hydrogen-bond donors (Lipinski definition) is 2. The van der Waals surface area contributed by atoms with Crippen LogP contribution in [0.4, 0.5) is 0 Å². The standard InChI is InChI=1S/C18H27N3O2S/c1-4-10-20-17(22)16-12-21(18(24)19-5-2)11-15(16)13-6-8-14(23-3)9-7-13/h6-9,15-16H,4-5,10-12H2,1-3H3,(H,19,24)(H,20,22)/t15-,16+/m1/s1. The maximum absolute atomic E-state index is 12.6. The molecule has 1 amide bonds. The van der Waals surface area contributed by atoms with Crippen LogP contribution in [-0.2, 0) is 4.79 Å². The molecule has 0 saturated carbocycles. The second kappa shape index (κ2) is 8.87. The lowest BCUT2D eigenvalue weighted by Gasteiger charge is -2.19. The van der Waals surface area contributed by atoms with Gasteiger partial charge in [0, 0.05) is 32.1 Å². The summed E-state index contributed by atoms with van der Waals surface area (Å²) in [6, 6.07) is 7.98. The highest BCUT2D eigenvalue weighted by Gasteiger charge is 2.39. The lowest BCUT2D eigenvalue weighted by molar-refractivity contribution is -0.124. The molecule has 1 heterocycles. The molecule has 1 saturated heterocycles. The van der Waals surface area contributed by atoms with Crippen LogP contribution in [0.15, 0.2) is 24.3 Å². The Hall–Kier alpha value is -1.82. The number of rotatable bonds is 6. The number of nitrogens with one attached hydrogen (secondary N) is 2. The van der Waals surface area contributed by atoms with Crippen molar-refractivity contribution >= 4 is 23.2 Å². The largest absolute Gasteiger partial charge is 0.497 e. The summed E-state index contributed by atoms with van der Waals surface area (Å²) in [7, 11) is 1.65. The van der Waals surface area contributed by atoms with Gasteiger partial charge in [-0.2, -0.15) is 0 Å². The van der Waals surface area contributed by atoms with Crippen LogP contribution in [0.1, 0.15) is 31.7 Å². The monoisotopic (exact) mass is 349 g/mol. The summed E-state index contributed by atoms with van der Waals surface area (Å²) in [5, 5.41) is 6.94. The summed E-state index contributed by atoms with van der Waals surface area (Å²) in [5.74, 6) is 0.967. The van der Waals surface area contributed by atoms with Crippen LogP contribution in [0.5, 0.6) is 5.75 Å². The molecule has 0 unspecified atom stereocenters. The van der Waals surface area contributed by atoms with Crippen LogP contribution < -0.4 is 15.4 Å². The number of hydrogen-bond acceptors (Lipinski definition) is 3. The van der Waals surface area contributed by atoms with Crippen molar-refractivity contribution in [3.05, 3.63) is 29.8 Å². The van der Waals surface area contributed by atoms with E-state index in [2.05, 4.69) is 22.5 Å². The van der Waals surface area contributed by atoms with Crippen molar-refractivity contribution in [1.29, 1.82) is 0 Å². The average Bonchev–Trinajstić information content (AvgIpc) is 3.05. The van der Waals surface area contributed by atoms with Gasteiger partial charge in [-0.25, -0.2) is 0 Å². The van der Waals surface area contributed by atoms with Crippen LogP contribution in [-0.4, -0.2) is 49.2 Å². The van der Waals surface area contributed by atoms with Crippen LogP contribution in [0.3, 0.4) is 0 Å². The Morgan fingerprint density at radius 1 is 1.25 bits per heavy atom. The van der Waals surface area contributed by atoms with Crippen molar-refractivity contribution < 1.29 is 9.53 Å². The van der Waals surface area contributed by atoms with Crippen LogP contribution in [0.2, 0.25) is 0 Å². The third-order valence-corrected chi connectivity index (χ3v) is 4.77. The van der Waals surface area contributed by atoms with Crippen molar-refractivity contribution in [3.63, 3.8) is 0 Å². The first-order valence-electron chi connectivity index (χ1n) is 8.55. The molecule has 2 atom stereocenters. The number of thiocarbonyl (C=S) groups is 1. The molecule has 0 aromatic heterocycles. The SMILES string of the molecule is CCCNC(=O)[C@H]1CN(C(=S)NCC)C[C@@H]1c1ccc(OC)cc1. The quantitative estimate of drug-likeness (QED) is 0.771. The zero-order chi connectivity index (χ0) is 17.5. The van der Waals surface area contributed by atoms with Gasteiger partial charge in [0.1, 0.15) is 5.75 Å². The van der Waals surface area contributed by atoms with Gasteiger partial charge in [-0.1, -0.05) is 19.1 Å². The Bertz CT molecular complexity index is 562. The first-order valence-corrected chi connectivity index (χ1v) is 8.95. The molecule has 1 aromatic rings. The zero-order valence-corrected chi connectivity index (χ0v) is 15.5. The lowest BCUT2D eigenvalue weighted by Crippen LogP contribution is -2.39. The maximum Gasteiger partial charge on any atom is 0.225 e. The van der Waals surface area contributed by atoms with E-state index >= 15 is 0 Å². The molecule has 0 radical (unpaired) electrons. The average molecular weight is 350 g/mol. The Kier molecular flexibility index (Phi) is 6.85. The molecule has 5 nitrogen and oxygen atoms in total. The van der Waals surface area contributed by atoms with E-state index in [0.717, 1.165) is 35.9 Å². The van der Waals surface area contributed by atoms with Gasteiger partial charge in [-0.3, -0.25) is 4.79 Å². The van der Waals surface area contributed by atoms with Crippen molar-refractivity contribution in [2.75, 3.05) is 33.3 Å². The van der Waals surface area contributed by atoms with E-state index in [1.807, 2.05) is 31.2 Å². The van der Waals surface area contributed by atoms with Gasteiger partial charge >= 0.3 is 0 Å². The van der Waals surface area contributed by atoms with Crippen molar-refractivity contribution in [2.24, 2.45) is 5.92 Å². The number of methoxy groups -OCH3 is 1. The van der Waals surface area contributed by atoms with E-state index < -0.39 is 0 Å². The second-order valence-corrected chi connectivity index (χ2v) is 6.40. The molecule has 6 heteroatoms. The number of amides is 1. The smallest absolute Gasteiger partial charge is 0.225 e. The molecule has 2 N–H and O–H groups in total. The van der Waals surface area contributed by atoms with E-state index in [9.17, 15) is 4.79 Å². The molecule has 1 aliphatic rings. The van der Waals surface area contributed by atoms with Crippen LogP contribution in [0, 0.1) is 5.92 Å². The molecule has 0 spiro atoms. The molecule has 24 heavy (non-hydrogen) atoms. The van der Waals surface area contributed by atoms with Gasteiger partial charge in [0.15, 0.2) is 5.11 Å². The van der Waals surface area contributed by atoms with Crippen molar-refractivity contribution in [3.8, 4) is 5.75 Å². The molecular formula is C18H27N3O2S. The van der Waals surface area contributed by atoms with Gasteiger partial charge in [0.25, 0.3) is 0 Å². The van der Waals surface area contributed by atoms with Gasteiger partial charge in [0.05, 0.1) is 13.0 Å². The summed E-state index contributed by atoms with van der Waals surface area (Å²) in [6.07, 6.45) is 0.936. The fourth-order valence-corrected chi connectivity index (χ4v) is 3.36. The van der Waals surface area contributed by atoms with Crippen molar-refractivity contribution in [2.45, 2.75) is 26.2 Å². The van der Waals surface area contributed by atoms with E-state index in [-0.39, 0.29) is 17.7 Å². The molecular weight excluding hydrogens is 322 g/mol. The number of carbonyl (C=O) groups is 1. The normalized spacial score (nSPS) is 19.9. The Morgan fingerprint density at radius 2 is 1.96 bits per heavy atom. The molecule has 1 fully saturated rings. The predicted octanol–water partition coefficient (Wildman–Crippen LogP) is 2.13. The molecule has 132 valence electrons. The first-order chi connectivity index (χ1) is 11.6. The highest BCUT2D eigenvalue weighted by Crippen LogP contribution is 2.33. The number of carbonyl (C=O) groups excluding carboxylic acids is 1. The van der Waals surface area contributed by atoms with E-state index in [4.69, 9.17) is 17.0 Å². The van der Waals surface area contributed by atoms with E-state index in [1.165, 1.54) is 0 Å². The number of likely N-dealkylation sites (tertiary alicyclic amines) is 1. The summed E-state index contributed by atoms with van der Waals surface area (Å²) in [5.41, 5.74) is 1.15. The Balaban J connectivity index is 2.18. The van der Waals surface area contributed by atoms with E-state index in [1.54, 1.807) is 7.11 Å². The fraction of sp³-hybridized carbons (Fsp3) is 0.556. The summed E-state index contributed by atoms with van der Waals surface area (Å²) in [4.78, 5) is 14.7. The topological polar surface area (TPSA) is 53.6 Å². The van der Waals surface area contributed by atoms with Crippen LogP contribution in [0.25, 0.3) is 0 Å². The third-order valence-electron chi connectivity index (χ3n) is 4.37. The molecule has 0 aliphatic carbocycles. The molecule has 0 bridgehead atoms. The highest BCUT2D eigenvalue weighted by atomic mass is 32.1. The maximum atomic E-state index is 12.6. The first kappa shape index (κ1) is 18.5. The van der Waals surface area contributed by atoms with Gasteiger partial charge in [-0.15, -0.1) is 0 Å². The lowest BCUT2D eigenvalue weighted by atomic mass is 9.88. The minimum Gasteiger partial charge on any atom is -0.497 e.